The first kappa shape index (κ1) is 20.3. The molecule has 1 N–H and O–H groups in total. The highest BCUT2D eigenvalue weighted by atomic mass is 19.2. The van der Waals surface area contributed by atoms with E-state index in [4.69, 9.17) is 4.74 Å². The molecule has 1 fully saturated rings. The minimum absolute atomic E-state index is 0.273. The number of nitrogens with one attached hydrogen (secondary N) is 1. The number of nitrogens with zero attached hydrogens (tertiary/aromatic N) is 1. The van der Waals surface area contributed by atoms with Gasteiger partial charge in [-0.2, -0.15) is 0 Å². The van der Waals surface area contributed by atoms with Gasteiger partial charge in [0.1, 0.15) is 5.75 Å². The molecule has 3 rings (SSSR count). The van der Waals surface area contributed by atoms with Gasteiger partial charge in [0.25, 0.3) is 5.91 Å². The topological polar surface area (TPSA) is 41.6 Å². The Kier molecular flexibility index (Phi) is 5.98. The van der Waals surface area contributed by atoms with Gasteiger partial charge in [0.15, 0.2) is 11.6 Å². The molecule has 0 spiro atoms. The van der Waals surface area contributed by atoms with E-state index in [-0.39, 0.29) is 5.91 Å². The first-order valence-electron chi connectivity index (χ1n) is 9.48. The van der Waals surface area contributed by atoms with Crippen LogP contribution in [0.15, 0.2) is 42.5 Å². The average Bonchev–Trinajstić information content (AvgIpc) is 3.24. The minimum atomic E-state index is -0.918. The molecule has 1 saturated heterocycles. The lowest BCUT2D eigenvalue weighted by atomic mass is 9.86. The fraction of sp³-hybridized carbons (Fsp3) is 0.409. The van der Waals surface area contributed by atoms with Crippen LogP contribution >= 0.6 is 0 Å². The molecule has 2 aromatic carbocycles. The van der Waals surface area contributed by atoms with Gasteiger partial charge in [0.2, 0.25) is 0 Å². The van der Waals surface area contributed by atoms with Gasteiger partial charge in [-0.3, -0.25) is 9.69 Å². The van der Waals surface area contributed by atoms with Crippen molar-refractivity contribution in [1.29, 1.82) is 0 Å². The standard InChI is InChI=1S/C22H26F2N2O2/c1-22(2,26-12-4-5-13-26)20(16-8-11-18(23)19(24)14-16)25-21(27)15-6-9-17(28-3)10-7-15/h6-11,14,20H,4-5,12-13H2,1-3H3,(H,25,27). The Labute approximate surface area is 164 Å². The highest BCUT2D eigenvalue weighted by Gasteiger charge is 2.39. The predicted octanol–water partition coefficient (Wildman–Crippen LogP) is 4.32. The fourth-order valence-corrected chi connectivity index (χ4v) is 3.79. The summed E-state index contributed by atoms with van der Waals surface area (Å²) in [4.78, 5) is 15.2. The molecule has 0 aromatic heterocycles. The van der Waals surface area contributed by atoms with Gasteiger partial charge in [-0.1, -0.05) is 6.07 Å². The number of ether oxygens (including phenoxy) is 1. The van der Waals surface area contributed by atoms with Crippen LogP contribution in [0, 0.1) is 11.6 Å². The van der Waals surface area contributed by atoms with Gasteiger partial charge in [-0.15, -0.1) is 0 Å². The Morgan fingerprint density at radius 2 is 1.71 bits per heavy atom. The molecule has 0 saturated carbocycles. The summed E-state index contributed by atoms with van der Waals surface area (Å²) in [6.45, 7) is 5.87. The zero-order chi connectivity index (χ0) is 20.3. The molecule has 1 amide bonds. The van der Waals surface area contributed by atoms with E-state index in [1.807, 2.05) is 13.8 Å². The largest absolute Gasteiger partial charge is 0.497 e. The molecule has 0 radical (unpaired) electrons. The first-order chi connectivity index (χ1) is 13.3. The second-order valence-electron chi connectivity index (χ2n) is 7.66. The molecule has 0 bridgehead atoms. The van der Waals surface area contributed by atoms with Crippen molar-refractivity contribution in [1.82, 2.24) is 10.2 Å². The second kappa shape index (κ2) is 8.27. The molecular formula is C22H26F2N2O2. The van der Waals surface area contributed by atoms with E-state index in [1.165, 1.54) is 12.1 Å². The lowest BCUT2D eigenvalue weighted by Crippen LogP contribution is -2.52. The van der Waals surface area contributed by atoms with Crippen LogP contribution in [0.3, 0.4) is 0 Å². The van der Waals surface area contributed by atoms with Crippen LogP contribution in [-0.4, -0.2) is 36.5 Å². The fourth-order valence-electron chi connectivity index (χ4n) is 3.79. The van der Waals surface area contributed by atoms with Crippen molar-refractivity contribution in [2.24, 2.45) is 0 Å². The Morgan fingerprint density at radius 3 is 2.29 bits per heavy atom. The number of halogens is 2. The number of hydrogen-bond donors (Lipinski definition) is 1. The van der Waals surface area contributed by atoms with Crippen LogP contribution in [0.1, 0.15) is 48.7 Å². The molecule has 1 aliphatic heterocycles. The summed E-state index contributed by atoms with van der Waals surface area (Å²) >= 11 is 0. The van der Waals surface area contributed by atoms with Gasteiger partial charge in [-0.25, -0.2) is 8.78 Å². The van der Waals surface area contributed by atoms with Gasteiger partial charge >= 0.3 is 0 Å². The van der Waals surface area contributed by atoms with Crippen LogP contribution in [0.2, 0.25) is 0 Å². The molecule has 4 nitrogen and oxygen atoms in total. The molecule has 1 heterocycles. The summed E-state index contributed by atoms with van der Waals surface area (Å²) < 4.78 is 32.5. The summed E-state index contributed by atoms with van der Waals surface area (Å²) in [5.74, 6) is -1.43. The van der Waals surface area contributed by atoms with E-state index in [1.54, 1.807) is 31.4 Å². The van der Waals surface area contributed by atoms with Gasteiger partial charge in [0, 0.05) is 11.1 Å². The third-order valence-electron chi connectivity index (χ3n) is 5.53. The predicted molar refractivity (Wildman–Crippen MR) is 104 cm³/mol. The molecule has 6 heteroatoms. The normalized spacial score (nSPS) is 16.0. The summed E-state index contributed by atoms with van der Waals surface area (Å²) in [7, 11) is 1.56. The van der Waals surface area contributed by atoms with E-state index in [9.17, 15) is 13.6 Å². The maximum atomic E-state index is 13.9. The van der Waals surface area contributed by atoms with E-state index in [0.29, 0.717) is 16.9 Å². The van der Waals surface area contributed by atoms with E-state index >= 15 is 0 Å². The molecule has 1 aliphatic rings. The van der Waals surface area contributed by atoms with Crippen LogP contribution in [-0.2, 0) is 0 Å². The van der Waals surface area contributed by atoms with Crippen molar-refractivity contribution in [3.63, 3.8) is 0 Å². The van der Waals surface area contributed by atoms with Crippen LogP contribution in [0.4, 0.5) is 8.78 Å². The van der Waals surface area contributed by atoms with Crippen LogP contribution < -0.4 is 10.1 Å². The molecule has 150 valence electrons. The zero-order valence-electron chi connectivity index (χ0n) is 16.5. The lowest BCUT2D eigenvalue weighted by Gasteiger charge is -2.42. The molecule has 0 aliphatic carbocycles. The average molecular weight is 388 g/mol. The number of likely N-dealkylation sites (tertiary alicyclic amines) is 1. The van der Waals surface area contributed by atoms with Gasteiger partial charge < -0.3 is 10.1 Å². The number of amides is 1. The third kappa shape index (κ3) is 4.17. The number of carbonyl (C=O) groups is 1. The van der Waals surface area contributed by atoms with Crippen molar-refractivity contribution in [2.45, 2.75) is 38.3 Å². The summed E-state index contributed by atoms with van der Waals surface area (Å²) in [6, 6.07) is 10.1. The Hall–Kier alpha value is -2.47. The third-order valence-corrected chi connectivity index (χ3v) is 5.53. The molecule has 28 heavy (non-hydrogen) atoms. The number of hydrogen-bond acceptors (Lipinski definition) is 3. The molecule has 1 atom stereocenters. The SMILES string of the molecule is COc1ccc(C(=O)NC(c2ccc(F)c(F)c2)C(C)(C)N2CCCC2)cc1. The van der Waals surface area contributed by atoms with E-state index in [2.05, 4.69) is 10.2 Å². The summed E-state index contributed by atoms with van der Waals surface area (Å²) in [6.07, 6.45) is 2.17. The Balaban J connectivity index is 1.92. The zero-order valence-corrected chi connectivity index (χ0v) is 16.5. The monoisotopic (exact) mass is 388 g/mol. The molecule has 1 unspecified atom stereocenters. The van der Waals surface area contributed by atoms with Crippen molar-refractivity contribution in [2.75, 3.05) is 20.2 Å². The maximum Gasteiger partial charge on any atom is 0.251 e. The first-order valence-corrected chi connectivity index (χ1v) is 9.48. The smallest absolute Gasteiger partial charge is 0.251 e. The summed E-state index contributed by atoms with van der Waals surface area (Å²) in [5.41, 5.74) is 0.548. The van der Waals surface area contributed by atoms with Crippen LogP contribution in [0.25, 0.3) is 0 Å². The second-order valence-corrected chi connectivity index (χ2v) is 7.66. The number of carbonyl (C=O) groups excluding carboxylic acids is 1. The lowest BCUT2D eigenvalue weighted by molar-refractivity contribution is 0.0778. The summed E-state index contributed by atoms with van der Waals surface area (Å²) in [5, 5.41) is 3.04. The van der Waals surface area contributed by atoms with E-state index in [0.717, 1.165) is 32.0 Å². The van der Waals surface area contributed by atoms with Crippen molar-refractivity contribution in [3.8, 4) is 5.75 Å². The highest BCUT2D eigenvalue weighted by molar-refractivity contribution is 5.94. The molecule has 2 aromatic rings. The van der Waals surface area contributed by atoms with Crippen molar-refractivity contribution in [3.05, 3.63) is 65.2 Å². The minimum Gasteiger partial charge on any atom is -0.497 e. The Morgan fingerprint density at radius 1 is 1.07 bits per heavy atom. The van der Waals surface area contributed by atoms with E-state index < -0.39 is 23.2 Å². The highest BCUT2D eigenvalue weighted by Crippen LogP contribution is 2.34. The number of methoxy groups -OCH3 is 1. The van der Waals surface area contributed by atoms with Crippen LogP contribution in [0.5, 0.6) is 5.75 Å². The number of benzene rings is 2. The van der Waals surface area contributed by atoms with Gasteiger partial charge in [-0.05, 0) is 81.7 Å². The number of rotatable bonds is 6. The van der Waals surface area contributed by atoms with Gasteiger partial charge in [0.05, 0.1) is 13.2 Å². The van der Waals surface area contributed by atoms with Crippen molar-refractivity contribution < 1.29 is 18.3 Å². The quantitative estimate of drug-likeness (QED) is 0.801. The Bertz CT molecular complexity index is 831. The molecular weight excluding hydrogens is 362 g/mol. The maximum absolute atomic E-state index is 13.9. The van der Waals surface area contributed by atoms with Crippen molar-refractivity contribution >= 4 is 5.91 Å².